The van der Waals surface area contributed by atoms with Gasteiger partial charge in [0.15, 0.2) is 25.0 Å². The van der Waals surface area contributed by atoms with E-state index in [2.05, 4.69) is 77.2 Å². The van der Waals surface area contributed by atoms with Gasteiger partial charge in [0.05, 0.1) is 30.8 Å². The Labute approximate surface area is 482 Å². The zero-order valence-corrected chi connectivity index (χ0v) is 49.0. The fourth-order valence-electron chi connectivity index (χ4n) is 17.0. The highest BCUT2D eigenvalue weighted by Crippen LogP contribution is 2.76. The van der Waals surface area contributed by atoms with Crippen LogP contribution in [0.15, 0.2) is 35.9 Å². The van der Waals surface area contributed by atoms with E-state index in [-0.39, 0.29) is 36.1 Å². The van der Waals surface area contributed by atoms with Crippen LogP contribution in [-0.4, -0.2) is 187 Å². The van der Waals surface area contributed by atoms with Gasteiger partial charge in [0.25, 0.3) is 5.91 Å². The quantitative estimate of drug-likeness (QED) is 0.0409. The van der Waals surface area contributed by atoms with Gasteiger partial charge in [-0.1, -0.05) is 109 Å². The number of rotatable bonds is 19. The fraction of sp³-hybridized carbons (Fsp3) is 0.823. The molecule has 11 N–H and O–H groups in total. The van der Waals surface area contributed by atoms with Crippen molar-refractivity contribution < 1.29 is 93.9 Å². The van der Waals surface area contributed by atoms with Gasteiger partial charge in [-0.2, -0.15) is 0 Å². The first kappa shape index (κ1) is 63.5. The van der Waals surface area contributed by atoms with Crippen LogP contribution in [-0.2, 0) is 49.2 Å². The molecule has 1 aromatic rings. The van der Waals surface area contributed by atoms with Crippen molar-refractivity contribution in [3.63, 3.8) is 0 Å². The maximum Gasteiger partial charge on any atom is 0.312 e. The van der Waals surface area contributed by atoms with E-state index >= 15 is 0 Å². The number of carbonyl (C=O) groups is 3. The van der Waals surface area contributed by atoms with Crippen LogP contribution >= 0.6 is 0 Å². The van der Waals surface area contributed by atoms with E-state index in [0.29, 0.717) is 57.8 Å². The second kappa shape index (κ2) is 24.6. The number of carboxylic acid groups (broad SMARTS) is 1. The van der Waals surface area contributed by atoms with E-state index < -0.39 is 150 Å². The van der Waals surface area contributed by atoms with Crippen LogP contribution < -0.4 is 5.32 Å². The zero-order chi connectivity index (χ0) is 59.5. The highest BCUT2D eigenvalue weighted by atomic mass is 16.8. The molecule has 5 aliphatic carbocycles. The molecule has 20 heteroatoms. The summed E-state index contributed by atoms with van der Waals surface area (Å²) in [6, 6.07) is 8.54. The van der Waals surface area contributed by atoms with E-state index in [0.717, 1.165) is 50.4 Å². The Morgan fingerprint density at radius 3 is 2.06 bits per heavy atom. The largest absolute Gasteiger partial charge is 0.481 e. The zero-order valence-electron chi connectivity index (χ0n) is 49.0. The van der Waals surface area contributed by atoms with Crippen molar-refractivity contribution in [1.82, 2.24) is 5.32 Å². The lowest BCUT2D eigenvalue weighted by Crippen LogP contribution is -2.69. The SMILES string of the molecule is Cc1ccc(CCCCCCCCNC(=O)C2O[C@@H](O[C@H]3CCC4(C)C5CC=C6C7CC(C)(C)CC[C@]7(C(=O)O)C(O)C[C@@]6(C)C5(C)CC[C@H]4[C@@]3(C)C=O)C(O[C@@H]3OC(CO)[C@H](O)[C@H](O)C3O)[C@@H](O[C@@H]3OC[C@@H](O)[C@H](O)C3O)[C@@H]2O)cc1. The predicted octanol–water partition coefficient (Wildman–Crippen LogP) is 3.51. The van der Waals surface area contributed by atoms with Crippen LogP contribution in [0, 0.1) is 57.2 Å². The van der Waals surface area contributed by atoms with Gasteiger partial charge in [0, 0.05) is 6.54 Å². The Morgan fingerprint density at radius 1 is 0.707 bits per heavy atom. The monoisotopic (exact) mass is 1160 g/mol. The maximum absolute atomic E-state index is 14.4. The number of allylic oxidation sites excluding steroid dienone is 2. The first-order valence-corrected chi connectivity index (χ1v) is 30.4. The minimum atomic E-state index is -1.98. The number of ether oxygens (including phenoxy) is 6. The van der Waals surface area contributed by atoms with Gasteiger partial charge >= 0.3 is 5.97 Å². The minimum absolute atomic E-state index is 0.0112. The number of benzene rings is 1. The molecule has 0 spiro atoms. The van der Waals surface area contributed by atoms with Gasteiger partial charge in [-0.25, -0.2) is 0 Å². The smallest absolute Gasteiger partial charge is 0.312 e. The van der Waals surface area contributed by atoms with Crippen LogP contribution in [0.3, 0.4) is 0 Å². The van der Waals surface area contributed by atoms with E-state index in [9.17, 15) is 65.4 Å². The van der Waals surface area contributed by atoms with Crippen LogP contribution in [0.2, 0.25) is 0 Å². The Balaban J connectivity index is 0.986. The molecule has 7 fully saturated rings. The number of nitrogens with one attached hydrogen (secondary N) is 1. The molecule has 8 aliphatic rings. The Bertz CT molecular complexity index is 2420. The van der Waals surface area contributed by atoms with Gasteiger partial charge < -0.3 is 89.6 Å². The Kier molecular flexibility index (Phi) is 19.1. The van der Waals surface area contributed by atoms with Gasteiger partial charge in [0.2, 0.25) is 0 Å². The summed E-state index contributed by atoms with van der Waals surface area (Å²) in [5, 5.41) is 114. The molecule has 462 valence electrons. The normalized spacial score (nSPS) is 46.2. The molecule has 0 aromatic heterocycles. The molecule has 3 heterocycles. The summed E-state index contributed by atoms with van der Waals surface area (Å²) in [5.41, 5.74) is -0.496. The highest BCUT2D eigenvalue weighted by Gasteiger charge is 2.72. The molecule has 24 atom stereocenters. The van der Waals surface area contributed by atoms with Crippen molar-refractivity contribution in [2.75, 3.05) is 19.8 Å². The summed E-state index contributed by atoms with van der Waals surface area (Å²) >= 11 is 0. The summed E-state index contributed by atoms with van der Waals surface area (Å²) in [5.74, 6) is -2.38. The number of aryl methyl sites for hydroxylation is 2. The summed E-state index contributed by atoms with van der Waals surface area (Å²) < 4.78 is 37.6. The van der Waals surface area contributed by atoms with Crippen molar-refractivity contribution in [1.29, 1.82) is 0 Å². The molecule has 82 heavy (non-hydrogen) atoms. The molecule has 3 aliphatic heterocycles. The summed E-state index contributed by atoms with van der Waals surface area (Å²) in [6.45, 7) is 13.9. The molecular formula is C62H95NO19. The van der Waals surface area contributed by atoms with Crippen molar-refractivity contribution in [3.8, 4) is 0 Å². The molecule has 3 saturated heterocycles. The lowest BCUT2D eigenvalue weighted by atomic mass is 9.33. The molecule has 4 saturated carbocycles. The van der Waals surface area contributed by atoms with E-state index in [1.165, 1.54) is 11.1 Å². The summed E-state index contributed by atoms with van der Waals surface area (Å²) in [6.07, 6.45) is -12.7. The molecule has 20 nitrogen and oxygen atoms in total. The van der Waals surface area contributed by atoms with Crippen LogP contribution in [0.4, 0.5) is 0 Å². The third-order valence-electron chi connectivity index (χ3n) is 22.3. The second-order valence-corrected chi connectivity index (χ2v) is 27.6. The number of unbranched alkanes of at least 4 members (excludes halogenated alkanes) is 5. The summed E-state index contributed by atoms with van der Waals surface area (Å²) in [4.78, 5) is 41.9. The number of aliphatic hydroxyl groups excluding tert-OH is 9. The van der Waals surface area contributed by atoms with Crippen LogP contribution in [0.5, 0.6) is 0 Å². The lowest BCUT2D eigenvalue weighted by Gasteiger charge is -2.71. The number of carboxylic acids is 1. The van der Waals surface area contributed by atoms with Crippen molar-refractivity contribution in [3.05, 3.63) is 47.0 Å². The number of fused-ring (bicyclic) bond motifs is 7. The highest BCUT2D eigenvalue weighted by molar-refractivity contribution is 5.81. The summed E-state index contributed by atoms with van der Waals surface area (Å²) in [7, 11) is 0. The number of hydrogen-bond donors (Lipinski definition) is 11. The molecule has 9 rings (SSSR count). The molecule has 1 aromatic carbocycles. The Hall–Kier alpha value is -3.03. The Morgan fingerprint density at radius 2 is 1.38 bits per heavy atom. The van der Waals surface area contributed by atoms with Crippen molar-refractivity contribution >= 4 is 18.2 Å². The predicted molar refractivity (Wildman–Crippen MR) is 295 cm³/mol. The van der Waals surface area contributed by atoms with Gasteiger partial charge in [-0.15, -0.1) is 0 Å². The number of aliphatic hydroxyl groups is 9. The lowest BCUT2D eigenvalue weighted by molar-refractivity contribution is -0.391. The first-order chi connectivity index (χ1) is 38.7. The number of amides is 1. The number of aldehydes is 1. The number of carbonyl (C=O) groups excluding carboxylic acids is 2. The van der Waals surface area contributed by atoms with E-state index in [4.69, 9.17) is 28.4 Å². The molecule has 1 amide bonds. The second-order valence-electron chi connectivity index (χ2n) is 27.6. The molecular weight excluding hydrogens is 1060 g/mol. The molecule has 0 bridgehead atoms. The van der Waals surface area contributed by atoms with Crippen LogP contribution in [0.25, 0.3) is 0 Å². The average Bonchev–Trinajstić information content (AvgIpc) is 3.23. The molecule has 10 unspecified atom stereocenters. The third kappa shape index (κ3) is 11.3. The standard InChI is InChI=1S/C62H95NO19/c1-33-15-17-34(18-16-33)14-12-10-8-9-11-13-27-63-52(74)50-48(73)49(80-53-46(71)43(68)37(66)31-77-53)51(82-54-47(72)45(70)44(69)38(30-64)78-54)55(81-50)79-42-22-23-58(4)39(59(42,5)32-65)21-24-60(6)40(58)20-19-35-36-28-57(2,3)25-26-62(36,56(75)76)41(67)29-61(35,60)7/h15-19,32,36-51,53-55,64,66-73H,8-14,20-31H2,1-7H3,(H,63,74)(H,75,76)/t36?,37-,38?,39-,40?,41?,42+,43+,44+,45+,46?,47?,48+,49+,50?,51?,53+,54+,55-,58?,59-,60?,61-,62-/m1/s1. The van der Waals surface area contributed by atoms with Crippen LogP contribution in [0.1, 0.15) is 149 Å². The van der Waals surface area contributed by atoms with Gasteiger partial charge in [-0.05, 0) is 129 Å². The topological polar surface area (TPSA) is 321 Å². The third-order valence-corrected chi connectivity index (χ3v) is 22.3. The fourth-order valence-corrected chi connectivity index (χ4v) is 17.0. The first-order valence-electron chi connectivity index (χ1n) is 30.4. The molecule has 0 radical (unpaired) electrons. The van der Waals surface area contributed by atoms with Gasteiger partial charge in [0.1, 0.15) is 72.7 Å². The average molecular weight is 1160 g/mol. The minimum Gasteiger partial charge on any atom is -0.481 e. The number of aliphatic carboxylic acids is 1. The van der Waals surface area contributed by atoms with Gasteiger partial charge in [-0.3, -0.25) is 9.59 Å². The maximum atomic E-state index is 14.4. The van der Waals surface area contributed by atoms with Crippen molar-refractivity contribution in [2.45, 2.75) is 249 Å². The van der Waals surface area contributed by atoms with Crippen molar-refractivity contribution in [2.24, 2.45) is 50.2 Å². The van der Waals surface area contributed by atoms with E-state index in [1.54, 1.807) is 0 Å². The van der Waals surface area contributed by atoms with E-state index in [1.807, 2.05) is 6.92 Å². The number of hydrogen-bond acceptors (Lipinski definition) is 18.